The molecule has 0 saturated carbocycles. The minimum absolute atomic E-state index is 0.0411. The first-order chi connectivity index (χ1) is 14.9. The van der Waals surface area contributed by atoms with Crippen LogP contribution in [0.4, 0.5) is 10.5 Å². The molecule has 31 heavy (non-hydrogen) atoms. The molecule has 0 aromatic heterocycles. The van der Waals surface area contributed by atoms with Crippen molar-refractivity contribution in [1.29, 1.82) is 0 Å². The number of carbonyl (C=O) groups is 1. The summed E-state index contributed by atoms with van der Waals surface area (Å²) in [6, 6.07) is 15.4. The van der Waals surface area contributed by atoms with E-state index in [2.05, 4.69) is 55.3 Å². The van der Waals surface area contributed by atoms with E-state index >= 15 is 0 Å². The molecule has 5 rings (SSSR count). The molecule has 0 bridgehead atoms. The molecular formula is C25H31N3O3. The zero-order valence-electron chi connectivity index (χ0n) is 18.6. The predicted molar refractivity (Wildman–Crippen MR) is 121 cm³/mol. The fourth-order valence-electron chi connectivity index (χ4n) is 5.32. The molecule has 3 aliphatic rings. The van der Waals surface area contributed by atoms with Crippen LogP contribution < -0.4 is 14.8 Å². The standard InChI is InChI=1S/C25H31N3O3/c1-17(2)28-15-25(23(28)19-6-4-18(3)5-7-19)10-12-27(13-11-25)24(29)26-20-8-9-21-22(14-20)31-16-30-21/h4-9,14,17,23H,10-13,15-16H2,1-3H3,(H,26,29). The number of aryl methyl sites for hydroxylation is 1. The van der Waals surface area contributed by atoms with Gasteiger partial charge in [0.15, 0.2) is 11.5 Å². The zero-order valence-corrected chi connectivity index (χ0v) is 18.6. The number of hydrogen-bond donors (Lipinski definition) is 1. The third kappa shape index (κ3) is 3.63. The number of benzene rings is 2. The van der Waals surface area contributed by atoms with Gasteiger partial charge in [0, 0.05) is 48.9 Å². The smallest absolute Gasteiger partial charge is 0.321 e. The van der Waals surface area contributed by atoms with Crippen molar-refractivity contribution >= 4 is 11.7 Å². The van der Waals surface area contributed by atoms with Gasteiger partial charge in [0.05, 0.1) is 0 Å². The van der Waals surface area contributed by atoms with Crippen molar-refractivity contribution in [2.75, 3.05) is 31.7 Å². The van der Waals surface area contributed by atoms with Crippen LogP contribution in [-0.4, -0.2) is 48.3 Å². The van der Waals surface area contributed by atoms with E-state index in [-0.39, 0.29) is 18.2 Å². The summed E-state index contributed by atoms with van der Waals surface area (Å²) in [4.78, 5) is 17.4. The maximum atomic E-state index is 12.9. The van der Waals surface area contributed by atoms with Gasteiger partial charge < -0.3 is 19.7 Å². The number of carbonyl (C=O) groups excluding carboxylic acids is 1. The van der Waals surface area contributed by atoms with Crippen LogP contribution in [0.3, 0.4) is 0 Å². The molecule has 1 atom stereocenters. The van der Waals surface area contributed by atoms with E-state index in [9.17, 15) is 4.79 Å². The maximum Gasteiger partial charge on any atom is 0.321 e. The SMILES string of the molecule is Cc1ccc(C2N(C(C)C)CC23CCN(C(=O)Nc2ccc4c(c2)OCO4)CC3)cc1. The van der Waals surface area contributed by atoms with Gasteiger partial charge in [0.25, 0.3) is 0 Å². The highest BCUT2D eigenvalue weighted by Gasteiger charge is 2.54. The van der Waals surface area contributed by atoms with Crippen molar-refractivity contribution in [1.82, 2.24) is 9.80 Å². The predicted octanol–water partition coefficient (Wildman–Crippen LogP) is 4.80. The van der Waals surface area contributed by atoms with E-state index in [4.69, 9.17) is 9.47 Å². The molecule has 2 aromatic carbocycles. The highest BCUT2D eigenvalue weighted by molar-refractivity contribution is 5.89. The van der Waals surface area contributed by atoms with Gasteiger partial charge in [0.2, 0.25) is 6.79 Å². The van der Waals surface area contributed by atoms with Crippen molar-refractivity contribution in [3.8, 4) is 11.5 Å². The molecule has 3 heterocycles. The van der Waals surface area contributed by atoms with Gasteiger partial charge in [-0.1, -0.05) is 29.8 Å². The number of nitrogens with zero attached hydrogens (tertiary/aromatic N) is 2. The van der Waals surface area contributed by atoms with E-state index in [0.29, 0.717) is 17.8 Å². The Morgan fingerprint density at radius 2 is 1.77 bits per heavy atom. The number of nitrogens with one attached hydrogen (secondary N) is 1. The maximum absolute atomic E-state index is 12.9. The summed E-state index contributed by atoms with van der Waals surface area (Å²) in [6.07, 6.45) is 2.06. The van der Waals surface area contributed by atoms with Crippen molar-refractivity contribution in [2.24, 2.45) is 5.41 Å². The zero-order chi connectivity index (χ0) is 21.6. The molecule has 2 aromatic rings. The fourth-order valence-corrected chi connectivity index (χ4v) is 5.32. The Hall–Kier alpha value is -2.73. The van der Waals surface area contributed by atoms with Crippen LogP contribution in [-0.2, 0) is 0 Å². The summed E-state index contributed by atoms with van der Waals surface area (Å²) in [7, 11) is 0. The quantitative estimate of drug-likeness (QED) is 0.773. The Kier molecular flexibility index (Phi) is 5.05. The molecule has 0 aliphatic carbocycles. The number of anilines is 1. The summed E-state index contributed by atoms with van der Waals surface area (Å²) < 4.78 is 10.8. The molecule has 2 amide bonds. The molecule has 6 heteroatoms. The first-order valence-corrected chi connectivity index (χ1v) is 11.2. The topological polar surface area (TPSA) is 54.0 Å². The summed E-state index contributed by atoms with van der Waals surface area (Å²) in [5.41, 5.74) is 3.70. The van der Waals surface area contributed by atoms with Gasteiger partial charge in [-0.25, -0.2) is 4.79 Å². The molecule has 1 spiro atoms. The van der Waals surface area contributed by atoms with Gasteiger partial charge >= 0.3 is 6.03 Å². The van der Waals surface area contributed by atoms with Crippen molar-refractivity contribution < 1.29 is 14.3 Å². The Morgan fingerprint density at radius 3 is 2.48 bits per heavy atom. The van der Waals surface area contributed by atoms with Crippen LogP contribution in [0, 0.1) is 12.3 Å². The van der Waals surface area contributed by atoms with E-state index in [0.717, 1.165) is 43.9 Å². The number of fused-ring (bicyclic) bond motifs is 1. The second kappa shape index (κ2) is 7.75. The number of rotatable bonds is 3. The number of likely N-dealkylation sites (tertiary alicyclic amines) is 2. The molecule has 2 fully saturated rings. The molecule has 1 unspecified atom stereocenters. The average molecular weight is 422 g/mol. The second-order valence-electron chi connectivity index (χ2n) is 9.43. The molecular weight excluding hydrogens is 390 g/mol. The fraction of sp³-hybridized carbons (Fsp3) is 0.480. The number of ether oxygens (including phenoxy) is 2. The van der Waals surface area contributed by atoms with E-state index < -0.39 is 0 Å². The monoisotopic (exact) mass is 421 g/mol. The number of piperidine rings is 1. The second-order valence-corrected chi connectivity index (χ2v) is 9.43. The Balaban J connectivity index is 1.25. The summed E-state index contributed by atoms with van der Waals surface area (Å²) in [5.74, 6) is 1.40. The highest BCUT2D eigenvalue weighted by Crippen LogP contribution is 2.55. The van der Waals surface area contributed by atoms with Crippen LogP contribution in [0.5, 0.6) is 11.5 Å². The Morgan fingerprint density at radius 1 is 1.06 bits per heavy atom. The lowest BCUT2D eigenvalue weighted by molar-refractivity contribution is -0.123. The van der Waals surface area contributed by atoms with Crippen LogP contribution in [0.15, 0.2) is 42.5 Å². The van der Waals surface area contributed by atoms with E-state index in [1.54, 1.807) is 0 Å². The normalized spacial score (nSPS) is 21.9. The lowest BCUT2D eigenvalue weighted by atomic mass is 9.62. The van der Waals surface area contributed by atoms with Crippen LogP contribution in [0.2, 0.25) is 0 Å². The largest absolute Gasteiger partial charge is 0.454 e. The molecule has 2 saturated heterocycles. The average Bonchev–Trinajstić information content (AvgIpc) is 3.22. The molecule has 3 aliphatic heterocycles. The third-order valence-electron chi connectivity index (χ3n) is 7.14. The minimum Gasteiger partial charge on any atom is -0.454 e. The summed E-state index contributed by atoms with van der Waals surface area (Å²) in [5, 5.41) is 3.02. The van der Waals surface area contributed by atoms with Crippen LogP contribution in [0.25, 0.3) is 0 Å². The van der Waals surface area contributed by atoms with Crippen LogP contribution >= 0.6 is 0 Å². The molecule has 164 valence electrons. The van der Waals surface area contributed by atoms with Crippen molar-refractivity contribution in [2.45, 2.75) is 45.7 Å². The first-order valence-electron chi connectivity index (χ1n) is 11.2. The van der Waals surface area contributed by atoms with Gasteiger partial charge in [-0.15, -0.1) is 0 Å². The first kappa shape index (κ1) is 20.2. The summed E-state index contributed by atoms with van der Waals surface area (Å²) >= 11 is 0. The van der Waals surface area contributed by atoms with Gasteiger partial charge in [-0.05, 0) is 51.3 Å². The number of amides is 2. The van der Waals surface area contributed by atoms with E-state index in [1.807, 2.05) is 23.1 Å². The number of urea groups is 1. The van der Waals surface area contributed by atoms with Gasteiger partial charge in [0.1, 0.15) is 0 Å². The van der Waals surface area contributed by atoms with Gasteiger partial charge in [-0.3, -0.25) is 4.90 Å². The third-order valence-corrected chi connectivity index (χ3v) is 7.14. The molecule has 0 radical (unpaired) electrons. The number of hydrogen-bond acceptors (Lipinski definition) is 4. The van der Waals surface area contributed by atoms with Crippen molar-refractivity contribution in [3.63, 3.8) is 0 Å². The van der Waals surface area contributed by atoms with Crippen LogP contribution in [0.1, 0.15) is 43.9 Å². The molecule has 1 N–H and O–H groups in total. The Bertz CT molecular complexity index is 964. The lowest BCUT2D eigenvalue weighted by Crippen LogP contribution is -2.64. The highest BCUT2D eigenvalue weighted by atomic mass is 16.7. The van der Waals surface area contributed by atoms with E-state index in [1.165, 1.54) is 11.1 Å². The minimum atomic E-state index is -0.0411. The Labute approximate surface area is 184 Å². The lowest BCUT2D eigenvalue weighted by Gasteiger charge is -2.62. The molecule has 6 nitrogen and oxygen atoms in total. The summed E-state index contributed by atoms with van der Waals surface area (Å²) in [6.45, 7) is 9.61. The van der Waals surface area contributed by atoms with Crippen molar-refractivity contribution in [3.05, 3.63) is 53.6 Å². The van der Waals surface area contributed by atoms with Gasteiger partial charge in [-0.2, -0.15) is 0 Å².